The van der Waals surface area contributed by atoms with Gasteiger partial charge in [-0.1, -0.05) is 6.92 Å². The van der Waals surface area contributed by atoms with Crippen molar-refractivity contribution in [1.82, 2.24) is 0 Å². The highest BCUT2D eigenvalue weighted by Crippen LogP contribution is 2.26. The topological polar surface area (TPSA) is 0 Å². The van der Waals surface area contributed by atoms with E-state index in [2.05, 4.69) is 6.92 Å². The molecule has 0 radical (unpaired) electrons. The third-order valence-electron chi connectivity index (χ3n) is 1.63. The summed E-state index contributed by atoms with van der Waals surface area (Å²) in [5.74, 6) is 0.648. The maximum atomic E-state index is 12.2. The summed E-state index contributed by atoms with van der Waals surface area (Å²) >= 11 is 0. The maximum absolute atomic E-state index is 12.2. The molecule has 1 heteroatoms. The number of alkyl halides is 1. The Morgan fingerprint density at radius 3 is 2.29 bits per heavy atom. The Balaban J connectivity index is 2.26. The Morgan fingerprint density at radius 2 is 2.14 bits per heavy atom. The van der Waals surface area contributed by atoms with E-state index in [-0.39, 0.29) is 0 Å². The molecule has 0 bridgehead atoms. The van der Waals surface area contributed by atoms with Crippen molar-refractivity contribution in [3.8, 4) is 0 Å². The van der Waals surface area contributed by atoms with Crippen molar-refractivity contribution >= 4 is 0 Å². The lowest BCUT2D eigenvalue weighted by Crippen LogP contribution is -1.89. The molecule has 1 aliphatic carbocycles. The second kappa shape index (κ2) is 1.81. The Bertz CT molecular complexity index is 53.2. The largest absolute Gasteiger partial charge is 0.247 e. The number of rotatable bonds is 0. The van der Waals surface area contributed by atoms with Gasteiger partial charge in [-0.15, -0.1) is 0 Å². The van der Waals surface area contributed by atoms with Gasteiger partial charge in [0.25, 0.3) is 0 Å². The third-order valence-corrected chi connectivity index (χ3v) is 1.63. The lowest BCUT2D eigenvalue weighted by Gasteiger charge is -1.93. The van der Waals surface area contributed by atoms with Crippen LogP contribution in [-0.4, -0.2) is 6.17 Å². The average molecular weight is 102 g/mol. The first-order valence-electron chi connectivity index (χ1n) is 2.93. The van der Waals surface area contributed by atoms with Crippen LogP contribution in [0.15, 0.2) is 0 Å². The quantitative estimate of drug-likeness (QED) is 0.439. The highest BCUT2D eigenvalue weighted by Gasteiger charge is 2.19. The van der Waals surface area contributed by atoms with Gasteiger partial charge >= 0.3 is 0 Å². The van der Waals surface area contributed by atoms with Gasteiger partial charge in [-0.25, -0.2) is 4.39 Å². The van der Waals surface area contributed by atoms with E-state index in [4.69, 9.17) is 0 Å². The van der Waals surface area contributed by atoms with E-state index in [9.17, 15) is 4.39 Å². The Kier molecular flexibility index (Phi) is 1.31. The molecule has 0 heterocycles. The molecular weight excluding hydrogens is 91.1 g/mol. The maximum Gasteiger partial charge on any atom is 0.100 e. The molecule has 1 rings (SSSR count). The van der Waals surface area contributed by atoms with Crippen molar-refractivity contribution in [2.75, 3.05) is 0 Å². The molecule has 0 aromatic heterocycles. The van der Waals surface area contributed by atoms with Crippen LogP contribution >= 0.6 is 0 Å². The monoisotopic (exact) mass is 102 g/mol. The van der Waals surface area contributed by atoms with Crippen LogP contribution in [-0.2, 0) is 0 Å². The lowest BCUT2D eigenvalue weighted by atomic mass is 10.1. The summed E-state index contributed by atoms with van der Waals surface area (Å²) in [6.07, 6.45) is 2.23. The van der Waals surface area contributed by atoms with Crippen LogP contribution in [0.4, 0.5) is 4.39 Å². The van der Waals surface area contributed by atoms with Gasteiger partial charge < -0.3 is 0 Å². The molecule has 0 aromatic rings. The highest BCUT2D eigenvalue weighted by atomic mass is 19.1. The fourth-order valence-corrected chi connectivity index (χ4v) is 1.14. The third kappa shape index (κ3) is 1.15. The van der Waals surface area contributed by atoms with Crippen molar-refractivity contribution in [1.29, 1.82) is 0 Å². The fourth-order valence-electron chi connectivity index (χ4n) is 1.14. The summed E-state index contributed by atoms with van der Waals surface area (Å²) in [6.45, 7) is 2.11. The molecule has 0 aliphatic heterocycles. The SMILES string of the molecule is CC1CC[C@@H](F)C1. The first-order chi connectivity index (χ1) is 3.29. The van der Waals surface area contributed by atoms with Crippen LogP contribution in [0.5, 0.6) is 0 Å². The van der Waals surface area contributed by atoms with Gasteiger partial charge in [0.1, 0.15) is 6.17 Å². The summed E-state index contributed by atoms with van der Waals surface area (Å²) in [4.78, 5) is 0. The summed E-state index contributed by atoms with van der Waals surface area (Å²) in [6, 6.07) is 0. The summed E-state index contributed by atoms with van der Waals surface area (Å²) in [5, 5.41) is 0. The van der Waals surface area contributed by atoms with E-state index in [1.54, 1.807) is 0 Å². The molecule has 0 aromatic carbocycles. The van der Waals surface area contributed by atoms with Crippen LogP contribution in [0.1, 0.15) is 26.2 Å². The van der Waals surface area contributed by atoms with Gasteiger partial charge in [0.15, 0.2) is 0 Å². The molecule has 0 spiro atoms. The molecule has 42 valence electrons. The normalized spacial score (nSPS) is 42.0. The molecule has 0 saturated heterocycles. The predicted molar refractivity (Wildman–Crippen MR) is 27.9 cm³/mol. The summed E-state index contributed by atoms with van der Waals surface area (Å²) in [5.41, 5.74) is 0. The van der Waals surface area contributed by atoms with Crippen molar-refractivity contribution in [2.24, 2.45) is 5.92 Å². The van der Waals surface area contributed by atoms with Crippen LogP contribution in [0.25, 0.3) is 0 Å². The Labute approximate surface area is 43.7 Å². The van der Waals surface area contributed by atoms with Gasteiger partial charge in [-0.05, 0) is 25.2 Å². The van der Waals surface area contributed by atoms with Crippen LogP contribution in [0.3, 0.4) is 0 Å². The molecule has 1 saturated carbocycles. The molecule has 7 heavy (non-hydrogen) atoms. The smallest absolute Gasteiger partial charge is 0.100 e. The van der Waals surface area contributed by atoms with Gasteiger partial charge in [0, 0.05) is 0 Å². The second-order valence-electron chi connectivity index (χ2n) is 2.52. The zero-order chi connectivity index (χ0) is 5.28. The van der Waals surface area contributed by atoms with Crippen molar-refractivity contribution in [3.05, 3.63) is 0 Å². The van der Waals surface area contributed by atoms with E-state index in [0.717, 1.165) is 19.3 Å². The highest BCUT2D eigenvalue weighted by molar-refractivity contribution is 4.70. The minimum Gasteiger partial charge on any atom is -0.247 e. The van der Waals surface area contributed by atoms with Gasteiger partial charge in [-0.3, -0.25) is 0 Å². The standard InChI is InChI=1S/C6H11F/c1-5-2-3-6(7)4-5/h5-6H,2-4H2,1H3/t5?,6-/m1/s1. The van der Waals surface area contributed by atoms with E-state index in [1.807, 2.05) is 0 Å². The van der Waals surface area contributed by atoms with E-state index >= 15 is 0 Å². The zero-order valence-electron chi connectivity index (χ0n) is 4.65. The second-order valence-corrected chi connectivity index (χ2v) is 2.52. The van der Waals surface area contributed by atoms with Crippen molar-refractivity contribution in [2.45, 2.75) is 32.4 Å². The molecule has 1 aliphatic rings. The molecule has 0 nitrogen and oxygen atoms in total. The molecule has 0 N–H and O–H groups in total. The fraction of sp³-hybridized carbons (Fsp3) is 1.00. The molecule has 1 unspecified atom stereocenters. The summed E-state index contributed by atoms with van der Waals surface area (Å²) < 4.78 is 12.2. The minimum atomic E-state index is -0.477. The number of hydrogen-bond acceptors (Lipinski definition) is 0. The molecule has 0 amide bonds. The Morgan fingerprint density at radius 1 is 1.43 bits per heavy atom. The van der Waals surface area contributed by atoms with Crippen molar-refractivity contribution in [3.63, 3.8) is 0 Å². The van der Waals surface area contributed by atoms with Crippen LogP contribution in [0, 0.1) is 5.92 Å². The van der Waals surface area contributed by atoms with E-state index < -0.39 is 6.17 Å². The van der Waals surface area contributed by atoms with Crippen LogP contribution < -0.4 is 0 Å². The molecule has 2 atom stereocenters. The first kappa shape index (κ1) is 5.07. The average Bonchev–Trinajstić information content (AvgIpc) is 1.87. The Hall–Kier alpha value is -0.0700. The van der Waals surface area contributed by atoms with Crippen LogP contribution in [0.2, 0.25) is 0 Å². The van der Waals surface area contributed by atoms with Gasteiger partial charge in [-0.2, -0.15) is 0 Å². The van der Waals surface area contributed by atoms with E-state index in [0.29, 0.717) is 5.92 Å². The minimum absolute atomic E-state index is 0.477. The van der Waals surface area contributed by atoms with Gasteiger partial charge in [0.2, 0.25) is 0 Å². The van der Waals surface area contributed by atoms with Gasteiger partial charge in [0.05, 0.1) is 0 Å². The van der Waals surface area contributed by atoms with E-state index in [1.165, 1.54) is 0 Å². The first-order valence-corrected chi connectivity index (χ1v) is 2.93. The van der Waals surface area contributed by atoms with Crippen molar-refractivity contribution < 1.29 is 4.39 Å². The lowest BCUT2D eigenvalue weighted by molar-refractivity contribution is 0.334. The molecular formula is C6H11F. The summed E-state index contributed by atoms with van der Waals surface area (Å²) in [7, 11) is 0. The zero-order valence-corrected chi connectivity index (χ0v) is 4.65. The number of halogens is 1. The number of hydrogen-bond donors (Lipinski definition) is 0. The predicted octanol–water partition coefficient (Wildman–Crippen LogP) is 2.14. The molecule has 1 fully saturated rings.